The minimum absolute atomic E-state index is 0.0392. The highest BCUT2D eigenvalue weighted by Gasteiger charge is 2.11. The fourth-order valence-corrected chi connectivity index (χ4v) is 1.85. The van der Waals surface area contributed by atoms with Crippen LogP contribution in [-0.4, -0.2) is 12.2 Å². The van der Waals surface area contributed by atoms with Crippen LogP contribution in [0, 0.1) is 5.82 Å². The molecule has 0 atom stereocenters. The number of benzene rings is 2. The van der Waals surface area contributed by atoms with Gasteiger partial charge in [-0.25, -0.2) is 4.39 Å². The normalized spacial score (nSPS) is 10.0. The first-order valence-electron chi connectivity index (χ1n) is 5.42. The van der Waals surface area contributed by atoms with Crippen molar-refractivity contribution in [3.8, 4) is 0 Å². The fourth-order valence-electron chi connectivity index (χ4n) is 1.52. The number of rotatable bonds is 3. The van der Waals surface area contributed by atoms with Gasteiger partial charge in [0.2, 0.25) is 0 Å². The average Bonchev–Trinajstić information content (AvgIpc) is 2.39. The highest BCUT2D eigenvalue weighted by atomic mass is 79.9. The van der Waals surface area contributed by atoms with E-state index in [-0.39, 0.29) is 5.56 Å². The monoisotopic (exact) mass is 321 g/mol. The van der Waals surface area contributed by atoms with Gasteiger partial charge in [-0.15, -0.1) is 0 Å². The van der Waals surface area contributed by atoms with E-state index in [1.165, 1.54) is 12.1 Å². The largest absolute Gasteiger partial charge is 0.322 e. The molecule has 1 N–H and O–H groups in total. The van der Waals surface area contributed by atoms with Crippen LogP contribution in [0.1, 0.15) is 20.7 Å². The van der Waals surface area contributed by atoms with E-state index in [0.29, 0.717) is 22.0 Å². The summed E-state index contributed by atoms with van der Waals surface area (Å²) in [4.78, 5) is 22.4. The van der Waals surface area contributed by atoms with Crippen LogP contribution in [0.25, 0.3) is 0 Å². The van der Waals surface area contributed by atoms with Crippen LogP contribution in [0.3, 0.4) is 0 Å². The number of hydrogen-bond donors (Lipinski definition) is 1. The van der Waals surface area contributed by atoms with Crippen molar-refractivity contribution in [3.63, 3.8) is 0 Å². The minimum Gasteiger partial charge on any atom is -0.322 e. The van der Waals surface area contributed by atoms with Crippen LogP contribution in [0.2, 0.25) is 0 Å². The Bertz CT molecular complexity index is 626. The summed E-state index contributed by atoms with van der Waals surface area (Å²) in [6.45, 7) is 0. The van der Waals surface area contributed by atoms with Crippen molar-refractivity contribution in [1.29, 1.82) is 0 Å². The molecule has 0 unspecified atom stereocenters. The maximum atomic E-state index is 13.6. The number of anilines is 1. The molecule has 3 nitrogen and oxygen atoms in total. The van der Waals surface area contributed by atoms with E-state index in [1.807, 2.05) is 0 Å². The molecule has 0 aromatic heterocycles. The van der Waals surface area contributed by atoms with Crippen molar-refractivity contribution in [3.05, 3.63) is 63.9 Å². The van der Waals surface area contributed by atoms with Crippen molar-refractivity contribution < 1.29 is 14.0 Å². The first-order chi connectivity index (χ1) is 9.10. The van der Waals surface area contributed by atoms with Crippen molar-refractivity contribution in [2.45, 2.75) is 0 Å². The molecule has 0 spiro atoms. The maximum Gasteiger partial charge on any atom is 0.258 e. The molecule has 0 heterocycles. The molecule has 19 heavy (non-hydrogen) atoms. The summed E-state index contributed by atoms with van der Waals surface area (Å²) >= 11 is 3.12. The summed E-state index contributed by atoms with van der Waals surface area (Å²) in [5, 5.41) is 2.56. The van der Waals surface area contributed by atoms with E-state index >= 15 is 0 Å². The summed E-state index contributed by atoms with van der Waals surface area (Å²) in [5.41, 5.74) is 0.966. The number of nitrogens with one attached hydrogen (secondary N) is 1. The maximum absolute atomic E-state index is 13.6. The molecule has 0 aliphatic rings. The first-order valence-corrected chi connectivity index (χ1v) is 6.21. The molecule has 0 saturated heterocycles. The second kappa shape index (κ2) is 5.75. The van der Waals surface area contributed by atoms with E-state index in [4.69, 9.17) is 0 Å². The van der Waals surface area contributed by atoms with Crippen LogP contribution in [0.15, 0.2) is 46.9 Å². The van der Waals surface area contributed by atoms with Gasteiger partial charge in [-0.1, -0.05) is 15.9 Å². The predicted molar refractivity (Wildman–Crippen MR) is 73.9 cm³/mol. The van der Waals surface area contributed by atoms with Gasteiger partial charge in [-0.2, -0.15) is 0 Å². The van der Waals surface area contributed by atoms with Crippen LogP contribution >= 0.6 is 15.9 Å². The molecular weight excluding hydrogens is 313 g/mol. The first kappa shape index (κ1) is 13.4. The molecule has 2 rings (SSSR count). The second-order valence-corrected chi connectivity index (χ2v) is 4.73. The Labute approximate surface area is 117 Å². The fraction of sp³-hybridized carbons (Fsp3) is 0. The van der Waals surface area contributed by atoms with Gasteiger partial charge in [0.15, 0.2) is 0 Å². The minimum atomic E-state index is -0.601. The third kappa shape index (κ3) is 3.26. The summed E-state index contributed by atoms with van der Waals surface area (Å²) in [5.74, 6) is -1.14. The molecule has 5 heteroatoms. The number of carbonyl (C=O) groups is 2. The Kier molecular flexibility index (Phi) is 4.06. The lowest BCUT2D eigenvalue weighted by molar-refractivity contribution is 0.102. The Balaban J connectivity index is 2.18. The van der Waals surface area contributed by atoms with Gasteiger partial charge in [-0.05, 0) is 42.5 Å². The summed E-state index contributed by atoms with van der Waals surface area (Å²) in [7, 11) is 0. The third-order valence-corrected chi connectivity index (χ3v) is 2.97. The molecule has 2 aromatic rings. The average molecular weight is 322 g/mol. The number of carbonyl (C=O) groups excluding carboxylic acids is 2. The lowest BCUT2D eigenvalue weighted by atomic mass is 10.2. The molecule has 0 aliphatic carbocycles. The Morgan fingerprint density at radius 2 is 1.84 bits per heavy atom. The summed E-state index contributed by atoms with van der Waals surface area (Å²) in [6, 6.07) is 10.5. The lowest BCUT2D eigenvalue weighted by Gasteiger charge is -2.06. The van der Waals surface area contributed by atoms with E-state index in [0.717, 1.165) is 0 Å². The number of amides is 1. The van der Waals surface area contributed by atoms with E-state index in [1.54, 1.807) is 30.3 Å². The van der Waals surface area contributed by atoms with Crippen molar-refractivity contribution in [2.24, 2.45) is 0 Å². The number of hydrogen-bond acceptors (Lipinski definition) is 2. The second-order valence-electron chi connectivity index (χ2n) is 3.82. The SMILES string of the molecule is O=Cc1ccc(NC(=O)c2ccc(Br)cc2F)cc1. The Hall–Kier alpha value is -2.01. The van der Waals surface area contributed by atoms with Crippen LogP contribution in [0.4, 0.5) is 10.1 Å². The van der Waals surface area contributed by atoms with Crippen molar-refractivity contribution >= 4 is 33.8 Å². The summed E-state index contributed by atoms with van der Waals surface area (Å²) < 4.78 is 14.2. The zero-order chi connectivity index (χ0) is 13.8. The smallest absolute Gasteiger partial charge is 0.258 e. The standard InChI is InChI=1S/C14H9BrFNO2/c15-10-3-6-12(13(16)7-10)14(19)17-11-4-1-9(8-18)2-5-11/h1-8H,(H,17,19). The Morgan fingerprint density at radius 3 is 2.42 bits per heavy atom. The molecular formula is C14H9BrFNO2. The van der Waals surface area contributed by atoms with Gasteiger partial charge in [0.1, 0.15) is 12.1 Å². The van der Waals surface area contributed by atoms with Crippen molar-refractivity contribution in [2.75, 3.05) is 5.32 Å². The molecule has 0 aliphatic heterocycles. The Morgan fingerprint density at radius 1 is 1.16 bits per heavy atom. The highest BCUT2D eigenvalue weighted by Crippen LogP contribution is 2.17. The molecule has 1 amide bonds. The van der Waals surface area contributed by atoms with Crippen LogP contribution < -0.4 is 5.32 Å². The van der Waals surface area contributed by atoms with Crippen molar-refractivity contribution in [1.82, 2.24) is 0 Å². The lowest BCUT2D eigenvalue weighted by Crippen LogP contribution is -2.13. The molecule has 96 valence electrons. The van der Waals surface area contributed by atoms with Gasteiger partial charge >= 0.3 is 0 Å². The highest BCUT2D eigenvalue weighted by molar-refractivity contribution is 9.10. The number of aldehydes is 1. The topological polar surface area (TPSA) is 46.2 Å². The molecule has 0 radical (unpaired) electrons. The zero-order valence-electron chi connectivity index (χ0n) is 9.69. The van der Waals surface area contributed by atoms with E-state index < -0.39 is 11.7 Å². The predicted octanol–water partition coefficient (Wildman–Crippen LogP) is 3.65. The molecule has 0 fully saturated rings. The van der Waals surface area contributed by atoms with Gasteiger partial charge in [0.05, 0.1) is 5.56 Å². The van der Waals surface area contributed by atoms with Gasteiger partial charge in [-0.3, -0.25) is 9.59 Å². The molecule has 2 aromatic carbocycles. The van der Waals surface area contributed by atoms with E-state index in [2.05, 4.69) is 21.2 Å². The van der Waals surface area contributed by atoms with Gasteiger partial charge in [0, 0.05) is 15.7 Å². The quantitative estimate of drug-likeness (QED) is 0.877. The molecule has 0 saturated carbocycles. The third-order valence-electron chi connectivity index (χ3n) is 2.48. The van der Waals surface area contributed by atoms with E-state index in [9.17, 15) is 14.0 Å². The van der Waals surface area contributed by atoms with Crippen LogP contribution in [-0.2, 0) is 0 Å². The zero-order valence-corrected chi connectivity index (χ0v) is 11.3. The summed E-state index contributed by atoms with van der Waals surface area (Å²) in [6.07, 6.45) is 0.708. The number of halogens is 2. The van der Waals surface area contributed by atoms with Gasteiger partial charge in [0.25, 0.3) is 5.91 Å². The molecule has 0 bridgehead atoms. The van der Waals surface area contributed by atoms with Crippen LogP contribution in [0.5, 0.6) is 0 Å². The van der Waals surface area contributed by atoms with Gasteiger partial charge < -0.3 is 5.32 Å².